The first-order chi connectivity index (χ1) is 8.43. The van der Waals surface area contributed by atoms with Crippen molar-refractivity contribution in [3.63, 3.8) is 0 Å². The fourth-order valence-electron chi connectivity index (χ4n) is 1.46. The van der Waals surface area contributed by atoms with Crippen LogP contribution >= 0.6 is 0 Å². The fourth-order valence-corrected chi connectivity index (χ4v) is 2.91. The Labute approximate surface area is 108 Å². The number of aliphatic hydroxyl groups excluding tert-OH is 1. The average Bonchev–Trinajstić information content (AvgIpc) is 2.24. The second-order valence-electron chi connectivity index (χ2n) is 4.32. The lowest BCUT2D eigenvalue weighted by molar-refractivity contribution is 0.350. The molecule has 98 valence electrons. The highest BCUT2D eigenvalue weighted by Crippen LogP contribution is 2.13. The van der Waals surface area contributed by atoms with Gasteiger partial charge in [-0.3, -0.25) is 4.72 Å². The number of anilines is 1. The van der Waals surface area contributed by atoms with E-state index in [0.29, 0.717) is 11.3 Å². The van der Waals surface area contributed by atoms with Crippen LogP contribution in [0, 0.1) is 17.8 Å². The molecule has 0 unspecified atom stereocenters. The second-order valence-corrected chi connectivity index (χ2v) is 6.08. The third-order valence-electron chi connectivity index (χ3n) is 2.00. The Morgan fingerprint density at radius 2 is 2.11 bits per heavy atom. The van der Waals surface area contributed by atoms with E-state index in [4.69, 9.17) is 5.11 Å². The molecule has 0 amide bonds. The van der Waals surface area contributed by atoms with Crippen molar-refractivity contribution in [1.82, 2.24) is 0 Å². The van der Waals surface area contributed by atoms with Crippen LogP contribution in [-0.4, -0.2) is 25.9 Å². The van der Waals surface area contributed by atoms with Gasteiger partial charge in [-0.2, -0.15) is 0 Å². The van der Waals surface area contributed by atoms with Crippen molar-refractivity contribution >= 4 is 15.7 Å². The zero-order chi connectivity index (χ0) is 13.6. The summed E-state index contributed by atoms with van der Waals surface area (Å²) in [5.74, 6) is 5.39. The molecule has 1 aromatic carbocycles. The van der Waals surface area contributed by atoms with E-state index in [-0.39, 0.29) is 18.3 Å². The molecule has 4 nitrogen and oxygen atoms in total. The van der Waals surface area contributed by atoms with Crippen molar-refractivity contribution in [3.8, 4) is 11.8 Å². The van der Waals surface area contributed by atoms with Gasteiger partial charge < -0.3 is 5.11 Å². The number of hydrogen-bond acceptors (Lipinski definition) is 3. The van der Waals surface area contributed by atoms with Gasteiger partial charge in [0.05, 0.1) is 5.75 Å². The van der Waals surface area contributed by atoms with Crippen molar-refractivity contribution in [1.29, 1.82) is 0 Å². The van der Waals surface area contributed by atoms with Crippen LogP contribution < -0.4 is 4.72 Å². The zero-order valence-electron chi connectivity index (χ0n) is 10.5. The Hall–Kier alpha value is -1.51. The normalized spacial score (nSPS) is 10.9. The van der Waals surface area contributed by atoms with Gasteiger partial charge >= 0.3 is 0 Å². The molecule has 0 radical (unpaired) electrons. The van der Waals surface area contributed by atoms with Crippen LogP contribution in [0.2, 0.25) is 0 Å². The number of rotatable bonds is 4. The summed E-state index contributed by atoms with van der Waals surface area (Å²) >= 11 is 0. The molecule has 0 aliphatic rings. The van der Waals surface area contributed by atoms with E-state index in [1.54, 1.807) is 24.3 Å². The maximum atomic E-state index is 11.7. The third kappa shape index (κ3) is 5.21. The van der Waals surface area contributed by atoms with E-state index in [0.717, 1.165) is 0 Å². The van der Waals surface area contributed by atoms with Crippen molar-refractivity contribution in [2.75, 3.05) is 17.1 Å². The summed E-state index contributed by atoms with van der Waals surface area (Å²) in [5.41, 5.74) is 1.15. The molecular weight excluding hydrogens is 250 g/mol. The van der Waals surface area contributed by atoms with Gasteiger partial charge in [0.1, 0.15) is 6.61 Å². The van der Waals surface area contributed by atoms with Gasteiger partial charge in [0, 0.05) is 11.3 Å². The predicted octanol–water partition coefficient (Wildman–Crippen LogP) is 1.43. The van der Waals surface area contributed by atoms with Crippen LogP contribution in [0.25, 0.3) is 0 Å². The first kappa shape index (κ1) is 14.6. The van der Waals surface area contributed by atoms with E-state index in [2.05, 4.69) is 16.6 Å². The molecule has 2 N–H and O–H groups in total. The summed E-state index contributed by atoms with van der Waals surface area (Å²) in [6, 6.07) is 6.78. The minimum Gasteiger partial charge on any atom is -0.384 e. The molecule has 0 fully saturated rings. The van der Waals surface area contributed by atoms with Crippen LogP contribution in [0.15, 0.2) is 24.3 Å². The van der Waals surface area contributed by atoms with Crippen LogP contribution in [0.1, 0.15) is 19.4 Å². The van der Waals surface area contributed by atoms with E-state index >= 15 is 0 Å². The monoisotopic (exact) mass is 267 g/mol. The molecule has 0 aliphatic heterocycles. The maximum absolute atomic E-state index is 11.7. The average molecular weight is 267 g/mol. The number of nitrogens with one attached hydrogen (secondary N) is 1. The van der Waals surface area contributed by atoms with E-state index < -0.39 is 10.0 Å². The van der Waals surface area contributed by atoms with Crippen molar-refractivity contribution < 1.29 is 13.5 Å². The van der Waals surface area contributed by atoms with E-state index in [1.165, 1.54) is 0 Å². The third-order valence-corrected chi connectivity index (χ3v) is 3.65. The maximum Gasteiger partial charge on any atom is 0.232 e. The fraction of sp³-hybridized carbons (Fsp3) is 0.385. The smallest absolute Gasteiger partial charge is 0.232 e. The Morgan fingerprint density at radius 3 is 2.72 bits per heavy atom. The number of aliphatic hydroxyl groups is 1. The van der Waals surface area contributed by atoms with Gasteiger partial charge in [-0.1, -0.05) is 31.8 Å². The molecule has 0 bridgehead atoms. The highest BCUT2D eigenvalue weighted by molar-refractivity contribution is 7.92. The van der Waals surface area contributed by atoms with Gasteiger partial charge in [-0.15, -0.1) is 0 Å². The largest absolute Gasteiger partial charge is 0.384 e. The minimum atomic E-state index is -3.32. The molecule has 0 aromatic heterocycles. The molecule has 0 heterocycles. The SMILES string of the molecule is CC(C)CS(=O)(=O)Nc1cccc(C#CCO)c1. The van der Waals surface area contributed by atoms with Crippen LogP contribution in [0.4, 0.5) is 5.69 Å². The first-order valence-corrected chi connectivity index (χ1v) is 7.28. The standard InChI is InChI=1S/C13H17NO3S/c1-11(2)10-18(16,17)14-13-7-3-5-12(9-13)6-4-8-15/h3,5,7,9,11,14-15H,8,10H2,1-2H3. The Bertz CT molecular complexity index is 553. The van der Waals surface area contributed by atoms with Gasteiger partial charge in [-0.25, -0.2) is 8.42 Å². The van der Waals surface area contributed by atoms with Crippen LogP contribution in [0.5, 0.6) is 0 Å². The second kappa shape index (κ2) is 6.43. The lowest BCUT2D eigenvalue weighted by atomic mass is 10.2. The van der Waals surface area contributed by atoms with Gasteiger partial charge in [0.25, 0.3) is 0 Å². The van der Waals surface area contributed by atoms with Crippen LogP contribution in [0.3, 0.4) is 0 Å². The Balaban J connectivity index is 2.85. The Kier molecular flexibility index (Phi) is 5.20. The summed E-state index contributed by atoms with van der Waals surface area (Å²) in [6.45, 7) is 3.48. The van der Waals surface area contributed by atoms with Gasteiger partial charge in [0.2, 0.25) is 10.0 Å². The molecular formula is C13H17NO3S. The highest BCUT2D eigenvalue weighted by atomic mass is 32.2. The topological polar surface area (TPSA) is 66.4 Å². The van der Waals surface area contributed by atoms with Crippen molar-refractivity contribution in [2.24, 2.45) is 5.92 Å². The molecule has 0 saturated carbocycles. The van der Waals surface area contributed by atoms with E-state index in [1.807, 2.05) is 13.8 Å². The van der Waals surface area contributed by atoms with Crippen LogP contribution in [-0.2, 0) is 10.0 Å². The molecule has 1 aromatic rings. The summed E-state index contributed by atoms with van der Waals surface area (Å²) in [4.78, 5) is 0. The molecule has 0 spiro atoms. The summed E-state index contributed by atoms with van der Waals surface area (Å²) < 4.78 is 26.0. The molecule has 0 aliphatic carbocycles. The van der Waals surface area contributed by atoms with Crippen molar-refractivity contribution in [3.05, 3.63) is 29.8 Å². The summed E-state index contributed by atoms with van der Waals surface area (Å²) in [6.07, 6.45) is 0. The first-order valence-electron chi connectivity index (χ1n) is 5.63. The minimum absolute atomic E-state index is 0.0693. The predicted molar refractivity (Wildman–Crippen MR) is 72.7 cm³/mol. The molecule has 5 heteroatoms. The molecule has 0 saturated heterocycles. The van der Waals surface area contributed by atoms with Gasteiger partial charge in [0.15, 0.2) is 0 Å². The summed E-state index contributed by atoms with van der Waals surface area (Å²) in [5, 5.41) is 8.60. The quantitative estimate of drug-likeness (QED) is 0.811. The van der Waals surface area contributed by atoms with E-state index in [9.17, 15) is 8.42 Å². The summed E-state index contributed by atoms with van der Waals surface area (Å²) in [7, 11) is -3.32. The number of hydrogen-bond donors (Lipinski definition) is 2. The number of sulfonamides is 1. The molecule has 1 rings (SSSR count). The molecule has 18 heavy (non-hydrogen) atoms. The lowest BCUT2D eigenvalue weighted by Crippen LogP contribution is -2.20. The molecule has 0 atom stereocenters. The van der Waals surface area contributed by atoms with Crippen molar-refractivity contribution in [2.45, 2.75) is 13.8 Å². The zero-order valence-corrected chi connectivity index (χ0v) is 11.3. The highest BCUT2D eigenvalue weighted by Gasteiger charge is 2.12. The lowest BCUT2D eigenvalue weighted by Gasteiger charge is -2.09. The number of benzene rings is 1. The Morgan fingerprint density at radius 1 is 1.39 bits per heavy atom. The van der Waals surface area contributed by atoms with Gasteiger partial charge in [-0.05, 0) is 24.1 Å².